The summed E-state index contributed by atoms with van der Waals surface area (Å²) < 4.78 is 24.4. The van der Waals surface area contributed by atoms with Crippen LogP contribution in [0.4, 0.5) is 4.39 Å². The number of benzene rings is 3. The lowest BCUT2D eigenvalue weighted by Gasteiger charge is -2.15. The zero-order valence-corrected chi connectivity index (χ0v) is 21.6. The van der Waals surface area contributed by atoms with Gasteiger partial charge >= 0.3 is 5.97 Å². The van der Waals surface area contributed by atoms with Crippen molar-refractivity contribution in [2.24, 2.45) is 5.41 Å². The molecule has 1 aliphatic carbocycles. The van der Waals surface area contributed by atoms with Crippen LogP contribution < -0.4 is 9.47 Å². The number of aromatic nitrogens is 1. The van der Waals surface area contributed by atoms with Crippen LogP contribution in [0.5, 0.6) is 17.2 Å². The van der Waals surface area contributed by atoms with Crippen molar-refractivity contribution in [1.29, 1.82) is 0 Å². The summed E-state index contributed by atoms with van der Waals surface area (Å²) >= 11 is 6.49. The zero-order chi connectivity index (χ0) is 27.7. The summed E-state index contributed by atoms with van der Waals surface area (Å²) in [7, 11) is 1.38. The number of carbonyl (C=O) groups is 3. The van der Waals surface area contributed by atoms with Crippen LogP contribution in [0.15, 0.2) is 66.9 Å². The number of aromatic carboxylic acids is 1. The van der Waals surface area contributed by atoms with E-state index in [-0.39, 0.29) is 46.6 Å². The van der Waals surface area contributed by atoms with Crippen molar-refractivity contribution in [2.75, 3.05) is 7.11 Å². The quantitative estimate of drug-likeness (QED) is 0.235. The first-order valence-corrected chi connectivity index (χ1v) is 12.6. The summed E-state index contributed by atoms with van der Waals surface area (Å²) in [5, 5.41) is 10.2. The molecule has 198 valence electrons. The lowest BCUT2D eigenvalue weighted by Crippen LogP contribution is -2.28. The van der Waals surface area contributed by atoms with Crippen LogP contribution in [-0.4, -0.2) is 34.7 Å². The van der Waals surface area contributed by atoms with E-state index < -0.39 is 11.4 Å². The first-order valence-electron chi connectivity index (χ1n) is 12.2. The number of nitrogens with zero attached hydrogens (tertiary/aromatic N) is 1. The highest BCUT2D eigenvalue weighted by molar-refractivity contribution is 6.32. The number of rotatable bonds is 10. The van der Waals surface area contributed by atoms with E-state index in [2.05, 4.69) is 4.98 Å². The Bertz CT molecular complexity index is 1610. The fourth-order valence-corrected chi connectivity index (χ4v) is 4.82. The lowest BCUT2D eigenvalue weighted by atomic mass is 9.88. The highest BCUT2D eigenvalue weighted by Crippen LogP contribution is 2.49. The number of carbonyl (C=O) groups excluding carboxylic acids is 2. The SMILES string of the molecule is COc1cc2nccc(Oc3ccc(CC(=O)C4(C(=O)Cc5ccc(F)cc5)CC4)cc3Cl)c2cc1C(=O)O. The monoisotopic (exact) mass is 547 g/mol. The predicted octanol–water partition coefficient (Wildman–Crippen LogP) is 6.23. The van der Waals surface area contributed by atoms with Crippen molar-refractivity contribution in [3.05, 3.63) is 94.4 Å². The second kappa shape index (κ2) is 10.5. The van der Waals surface area contributed by atoms with E-state index in [0.29, 0.717) is 46.4 Å². The van der Waals surface area contributed by atoms with Gasteiger partial charge in [-0.2, -0.15) is 0 Å². The molecular weight excluding hydrogens is 525 g/mol. The molecule has 0 saturated heterocycles. The third kappa shape index (κ3) is 5.33. The fraction of sp³-hybridized carbons (Fsp3) is 0.200. The molecule has 0 bridgehead atoms. The number of carboxylic acids is 1. The third-order valence-electron chi connectivity index (χ3n) is 6.93. The van der Waals surface area contributed by atoms with Crippen molar-refractivity contribution in [3.8, 4) is 17.2 Å². The summed E-state index contributed by atoms with van der Waals surface area (Å²) in [6.45, 7) is 0. The van der Waals surface area contributed by atoms with Crippen LogP contribution in [0.3, 0.4) is 0 Å². The number of hydrogen-bond acceptors (Lipinski definition) is 6. The largest absolute Gasteiger partial charge is 0.496 e. The van der Waals surface area contributed by atoms with E-state index in [1.54, 1.807) is 36.4 Å². The van der Waals surface area contributed by atoms with Gasteiger partial charge in [0.05, 0.1) is 23.1 Å². The number of fused-ring (bicyclic) bond motifs is 1. The van der Waals surface area contributed by atoms with Gasteiger partial charge in [0.15, 0.2) is 11.6 Å². The predicted molar refractivity (Wildman–Crippen MR) is 142 cm³/mol. The van der Waals surface area contributed by atoms with Gasteiger partial charge in [-0.25, -0.2) is 9.18 Å². The average molecular weight is 548 g/mol. The molecule has 3 aromatic carbocycles. The van der Waals surface area contributed by atoms with E-state index in [1.165, 1.54) is 37.6 Å². The Hall–Kier alpha value is -4.30. The van der Waals surface area contributed by atoms with Crippen LogP contribution in [0.25, 0.3) is 10.9 Å². The molecule has 1 fully saturated rings. The Morgan fingerprint density at radius 2 is 1.59 bits per heavy atom. The van der Waals surface area contributed by atoms with Gasteiger partial charge in [0.1, 0.15) is 28.6 Å². The van der Waals surface area contributed by atoms with Crippen LogP contribution >= 0.6 is 11.6 Å². The zero-order valence-electron chi connectivity index (χ0n) is 20.9. The van der Waals surface area contributed by atoms with Crippen molar-refractivity contribution < 1.29 is 33.4 Å². The maximum atomic E-state index is 13.2. The molecule has 5 rings (SSSR count). The Balaban J connectivity index is 1.32. The summed E-state index contributed by atoms with van der Waals surface area (Å²) in [6.07, 6.45) is 2.64. The van der Waals surface area contributed by atoms with Crippen molar-refractivity contribution in [1.82, 2.24) is 4.98 Å². The van der Waals surface area contributed by atoms with Crippen molar-refractivity contribution in [3.63, 3.8) is 0 Å². The molecule has 4 aromatic rings. The normalized spacial score (nSPS) is 13.6. The molecule has 1 aromatic heterocycles. The number of pyridine rings is 1. The molecule has 0 radical (unpaired) electrons. The minimum Gasteiger partial charge on any atom is -0.496 e. The Morgan fingerprint density at radius 1 is 0.923 bits per heavy atom. The highest BCUT2D eigenvalue weighted by Gasteiger charge is 2.54. The van der Waals surface area contributed by atoms with Crippen molar-refractivity contribution >= 4 is 40.0 Å². The summed E-state index contributed by atoms with van der Waals surface area (Å²) in [6, 6.07) is 15.2. The maximum absolute atomic E-state index is 13.2. The first-order chi connectivity index (χ1) is 18.7. The number of ketones is 2. The van der Waals surface area contributed by atoms with Gasteiger partial charge < -0.3 is 14.6 Å². The molecule has 0 amide bonds. The van der Waals surface area contributed by atoms with Crippen molar-refractivity contribution in [2.45, 2.75) is 25.7 Å². The Labute approximate surface area is 228 Å². The molecule has 1 aliphatic rings. The number of ether oxygens (including phenoxy) is 2. The Morgan fingerprint density at radius 3 is 2.21 bits per heavy atom. The molecule has 0 unspecified atom stereocenters. The minimum absolute atomic E-state index is 0.0363. The first kappa shape index (κ1) is 26.3. The van der Waals surface area contributed by atoms with Gasteiger partial charge in [-0.1, -0.05) is 29.8 Å². The van der Waals surface area contributed by atoms with E-state index in [1.807, 2.05) is 0 Å². The number of Topliss-reactive ketones (excluding diaryl/α,β-unsaturated/α-hetero) is 2. The fourth-order valence-electron chi connectivity index (χ4n) is 4.58. The molecule has 0 aliphatic heterocycles. The number of hydrogen-bond donors (Lipinski definition) is 1. The molecular formula is C30H23ClFNO6. The van der Waals surface area contributed by atoms with Gasteiger partial charge in [-0.15, -0.1) is 0 Å². The van der Waals surface area contributed by atoms with E-state index in [4.69, 9.17) is 21.1 Å². The van der Waals surface area contributed by atoms with Crippen LogP contribution in [-0.2, 0) is 22.4 Å². The van der Waals surface area contributed by atoms with Gasteiger partial charge in [0, 0.05) is 30.5 Å². The molecule has 1 N–H and O–H groups in total. The summed E-state index contributed by atoms with van der Waals surface area (Å²) in [5.74, 6) is -1.03. The summed E-state index contributed by atoms with van der Waals surface area (Å²) in [5.41, 5.74) is 0.742. The second-order valence-electron chi connectivity index (χ2n) is 9.46. The van der Waals surface area contributed by atoms with Crippen LogP contribution in [0, 0.1) is 11.2 Å². The lowest BCUT2D eigenvalue weighted by molar-refractivity contribution is -0.133. The summed E-state index contributed by atoms with van der Waals surface area (Å²) in [4.78, 5) is 42.0. The van der Waals surface area contributed by atoms with Crippen LogP contribution in [0.1, 0.15) is 34.3 Å². The number of methoxy groups -OCH3 is 1. The van der Waals surface area contributed by atoms with Gasteiger partial charge in [-0.3, -0.25) is 14.6 Å². The van der Waals surface area contributed by atoms with Gasteiger partial charge in [0.25, 0.3) is 0 Å². The van der Waals surface area contributed by atoms with E-state index >= 15 is 0 Å². The molecule has 39 heavy (non-hydrogen) atoms. The van der Waals surface area contributed by atoms with Gasteiger partial charge in [-0.05, 0) is 60.4 Å². The molecule has 0 spiro atoms. The van der Waals surface area contributed by atoms with E-state index in [9.17, 15) is 23.9 Å². The highest BCUT2D eigenvalue weighted by atomic mass is 35.5. The molecule has 0 atom stereocenters. The molecule has 9 heteroatoms. The average Bonchev–Trinajstić information content (AvgIpc) is 3.73. The smallest absolute Gasteiger partial charge is 0.339 e. The number of carboxylic acid groups (broad SMARTS) is 1. The third-order valence-corrected chi connectivity index (χ3v) is 7.22. The van der Waals surface area contributed by atoms with Gasteiger partial charge in [0.2, 0.25) is 0 Å². The number of halogens is 2. The minimum atomic E-state index is -1.15. The standard InChI is InChI=1S/C30H23ClFNO6/c1-38-26-16-23-20(15-21(26)29(36)37)24(8-11-33-23)39-25-7-4-18(12-22(25)31)14-28(35)30(9-10-30)27(34)13-17-2-5-19(32)6-3-17/h2-8,11-12,15-16H,9-10,13-14H2,1H3,(H,36,37). The molecule has 1 heterocycles. The van der Waals surface area contributed by atoms with Crippen LogP contribution in [0.2, 0.25) is 5.02 Å². The second-order valence-corrected chi connectivity index (χ2v) is 9.87. The topological polar surface area (TPSA) is 103 Å². The Kier molecular flexibility index (Phi) is 7.06. The molecule has 1 saturated carbocycles. The maximum Gasteiger partial charge on any atom is 0.339 e. The van der Waals surface area contributed by atoms with E-state index in [0.717, 1.165) is 0 Å². The molecule has 7 nitrogen and oxygen atoms in total.